The van der Waals surface area contributed by atoms with E-state index in [1.165, 1.54) is 73.3 Å². The first-order chi connectivity index (χ1) is 49.5. The molecule has 104 heavy (non-hydrogen) atoms. The number of hydrogen-bond acceptors (Lipinski definition) is 10. The van der Waals surface area contributed by atoms with E-state index >= 15 is 0 Å². The van der Waals surface area contributed by atoms with Crippen LogP contribution in [0.25, 0.3) is 0 Å². The molecule has 0 spiro atoms. The molecule has 1 saturated carbocycles. The van der Waals surface area contributed by atoms with Gasteiger partial charge in [0.1, 0.15) is 0 Å². The fraction of sp³-hybridized carbons (Fsp3) is 0.618. The van der Waals surface area contributed by atoms with Crippen molar-refractivity contribution in [3.63, 3.8) is 0 Å². The highest BCUT2D eigenvalue weighted by Crippen LogP contribution is 2.45. The van der Waals surface area contributed by atoms with Crippen molar-refractivity contribution in [3.8, 4) is 0 Å². The third-order valence-electron chi connectivity index (χ3n) is 20.0. The highest BCUT2D eigenvalue weighted by Gasteiger charge is 2.35. The molecule has 0 aromatic heterocycles. The Labute approximate surface area is 629 Å². The van der Waals surface area contributed by atoms with Crippen LogP contribution in [-0.2, 0) is 47.7 Å². The molecule has 0 radical (unpaired) electrons. The first kappa shape index (κ1) is 91.4. The first-order valence-electron chi connectivity index (χ1n) is 39.3. The van der Waals surface area contributed by atoms with Gasteiger partial charge in [0, 0.05) is 83.0 Å². The van der Waals surface area contributed by atoms with Crippen molar-refractivity contribution in [2.24, 2.45) is 34.0 Å². The zero-order valence-electron chi connectivity index (χ0n) is 67.4. The summed E-state index contributed by atoms with van der Waals surface area (Å²) in [6, 6.07) is -0.897. The van der Waals surface area contributed by atoms with Gasteiger partial charge in [-0.15, -0.1) is 0 Å². The van der Waals surface area contributed by atoms with E-state index < -0.39 is 17.9 Å². The molecule has 5 N–H and O–H groups in total. The molecule has 0 aromatic carbocycles. The quantitative estimate of drug-likeness (QED) is 0.0222. The number of allylic oxidation sites excluding steroid dienone is 25. The van der Waals surface area contributed by atoms with Gasteiger partial charge in [-0.25, -0.2) is 0 Å². The lowest BCUT2D eigenvalue weighted by atomic mass is 9.64. The van der Waals surface area contributed by atoms with Crippen molar-refractivity contribution < 1.29 is 47.7 Å². The largest absolute Gasteiger partial charge is 0.381 e. The normalized spacial score (nSPS) is 19.3. The molecule has 0 aliphatic heterocycles. The third-order valence-corrected chi connectivity index (χ3v) is 20.0. The van der Waals surface area contributed by atoms with E-state index in [1.807, 2.05) is 82.4 Å². The average Bonchev–Trinajstić information content (AvgIpc) is 0.835. The minimum atomic E-state index is -0.897. The number of amides is 5. The van der Waals surface area contributed by atoms with E-state index in [0.29, 0.717) is 154 Å². The van der Waals surface area contributed by atoms with Gasteiger partial charge >= 0.3 is 0 Å². The smallest absolute Gasteiger partial charge is 0.244 e. The molecule has 2 unspecified atom stereocenters. The van der Waals surface area contributed by atoms with E-state index in [1.54, 1.807) is 12.2 Å². The summed E-state index contributed by atoms with van der Waals surface area (Å²) >= 11 is 0. The Hall–Kier alpha value is -6.78. The Balaban J connectivity index is 1.71. The second-order valence-corrected chi connectivity index (χ2v) is 31.3. The molecule has 0 heterocycles. The molecule has 0 saturated heterocycles. The van der Waals surface area contributed by atoms with Gasteiger partial charge in [0.25, 0.3) is 0 Å². The molecule has 1 fully saturated rings. The van der Waals surface area contributed by atoms with E-state index in [9.17, 15) is 28.8 Å². The van der Waals surface area contributed by atoms with Gasteiger partial charge in [0.05, 0.1) is 39.1 Å². The number of carbonyl (C=O) groups is 6. The molecule has 580 valence electrons. The van der Waals surface area contributed by atoms with Gasteiger partial charge in [-0.05, 0) is 208 Å². The van der Waals surface area contributed by atoms with E-state index in [0.717, 1.165) is 47.1 Å². The number of ketones is 1. The Morgan fingerprint density at radius 3 is 1.43 bits per heavy atom. The maximum Gasteiger partial charge on any atom is 0.244 e. The molecule has 5 amide bonds. The van der Waals surface area contributed by atoms with Crippen molar-refractivity contribution >= 4 is 35.3 Å². The van der Waals surface area contributed by atoms with Gasteiger partial charge in [-0.1, -0.05) is 194 Å². The molecule has 3 aliphatic rings. The molecule has 15 heteroatoms. The molecule has 4 atom stereocenters. The zero-order valence-corrected chi connectivity index (χ0v) is 67.4. The van der Waals surface area contributed by atoms with Crippen LogP contribution in [0.3, 0.4) is 0 Å². The van der Waals surface area contributed by atoms with Crippen molar-refractivity contribution in [3.05, 3.63) is 165 Å². The van der Waals surface area contributed by atoms with Gasteiger partial charge in [-0.2, -0.15) is 0 Å². The fourth-order valence-electron chi connectivity index (χ4n) is 13.9. The molecule has 0 aromatic rings. The van der Waals surface area contributed by atoms with E-state index in [4.69, 9.17) is 18.9 Å². The van der Waals surface area contributed by atoms with Crippen LogP contribution in [0.2, 0.25) is 0 Å². The van der Waals surface area contributed by atoms with Crippen LogP contribution in [0.15, 0.2) is 165 Å². The Morgan fingerprint density at radius 2 is 0.942 bits per heavy atom. The summed E-state index contributed by atoms with van der Waals surface area (Å²) in [4.78, 5) is 80.9. The molecule has 0 bridgehead atoms. The molecular formula is C89H139N5O10. The highest BCUT2D eigenvalue weighted by atomic mass is 16.5. The number of rotatable bonds is 49. The SMILES string of the molecule is CCCOCCC(=O)NCCCOCCOCCOCCCNC(=O)[C@@H](CCCCNC(=O)/C=C(C)/C=C/C=C(C)/C=C/C1=C(C)CCCC1(C)C)CC(=O)[C@@H](CCCCNC(=O)/C=C(C)/C=C/C=C(C)/C=C/C1=C(C)CCCC1(C)C)NC(=O)/C=C(C)/C=C/C=C(C)/C=C/C1C(C)CCCC1(C)C. The summed E-state index contributed by atoms with van der Waals surface area (Å²) in [5, 5.41) is 14.9. The number of carbonyl (C=O) groups excluding carboxylic acids is 6. The third kappa shape index (κ3) is 40.1. The topological polar surface area (TPSA) is 199 Å². The number of hydrogen-bond donors (Lipinski definition) is 5. The Morgan fingerprint density at radius 1 is 0.490 bits per heavy atom. The second-order valence-electron chi connectivity index (χ2n) is 31.3. The summed E-state index contributed by atoms with van der Waals surface area (Å²) in [5.41, 5.74) is 12.0. The summed E-state index contributed by atoms with van der Waals surface area (Å²) in [6.45, 7) is 39.9. The van der Waals surface area contributed by atoms with Gasteiger partial charge < -0.3 is 45.5 Å². The predicted octanol–water partition coefficient (Wildman–Crippen LogP) is 18.0. The number of Topliss-reactive ketones (excluding diaryl/α,β-unsaturated/α-hetero) is 1. The van der Waals surface area contributed by atoms with Crippen molar-refractivity contribution in [1.29, 1.82) is 0 Å². The number of nitrogens with one attached hydrogen (secondary N) is 5. The monoisotopic (exact) mass is 1440 g/mol. The van der Waals surface area contributed by atoms with Crippen molar-refractivity contribution in [2.45, 2.75) is 245 Å². The lowest BCUT2D eigenvalue weighted by Crippen LogP contribution is -2.42. The van der Waals surface area contributed by atoms with Crippen LogP contribution in [-0.4, -0.2) is 120 Å². The summed E-state index contributed by atoms with van der Waals surface area (Å²) < 4.78 is 22.5. The summed E-state index contributed by atoms with van der Waals surface area (Å²) in [5.74, 6) is -0.970. The zero-order chi connectivity index (χ0) is 76.8. The highest BCUT2D eigenvalue weighted by molar-refractivity contribution is 5.96. The summed E-state index contributed by atoms with van der Waals surface area (Å²) in [7, 11) is 0. The predicted molar refractivity (Wildman–Crippen MR) is 431 cm³/mol. The average molecular weight is 1440 g/mol. The second kappa shape index (κ2) is 51.4. The first-order valence-corrected chi connectivity index (χ1v) is 39.3. The fourth-order valence-corrected chi connectivity index (χ4v) is 13.9. The van der Waals surface area contributed by atoms with Gasteiger partial charge in [0.15, 0.2) is 5.78 Å². The maximum absolute atomic E-state index is 14.7. The molecule has 15 nitrogen and oxygen atoms in total. The molecule has 3 rings (SSSR count). The van der Waals surface area contributed by atoms with Crippen LogP contribution in [0.1, 0.15) is 239 Å². The Bertz CT molecular complexity index is 3150. The van der Waals surface area contributed by atoms with E-state index in [2.05, 4.69) is 146 Å². The van der Waals surface area contributed by atoms with Crippen LogP contribution in [0.4, 0.5) is 0 Å². The number of unbranched alkanes of at least 4 members (excludes halogenated alkanes) is 2. The lowest BCUT2D eigenvalue weighted by molar-refractivity contribution is -0.131. The van der Waals surface area contributed by atoms with Crippen molar-refractivity contribution in [2.75, 3.05) is 79.0 Å². The molecular weight excluding hydrogens is 1300 g/mol. The van der Waals surface area contributed by atoms with Crippen LogP contribution < -0.4 is 26.6 Å². The summed E-state index contributed by atoms with van der Waals surface area (Å²) in [6.07, 6.45) is 51.9. The lowest BCUT2D eigenvalue weighted by Gasteiger charge is -2.41. The van der Waals surface area contributed by atoms with Crippen LogP contribution >= 0.6 is 0 Å². The van der Waals surface area contributed by atoms with Crippen LogP contribution in [0, 0.1) is 34.0 Å². The maximum atomic E-state index is 14.7. The number of ether oxygens (including phenoxy) is 4. The minimum absolute atomic E-state index is 0.0289. The van der Waals surface area contributed by atoms with Gasteiger partial charge in [0.2, 0.25) is 29.5 Å². The Kier molecular flexibility index (Phi) is 45.2. The molecule has 3 aliphatic carbocycles. The standard InChI is InChI=1S/C89H139N5O10/c1-17-55-101-58-47-82(96)90-53-28-56-102-59-61-104-62-60-103-57-29-54-93-86(100)76(39-18-20-51-91-83(97)63-70(5)33-22-30-67(2)41-44-77-73(8)36-25-48-87(77,11)12)66-81(95)80(94-85(99)65-72(7)35-24-32-69(4)43-46-79-75(10)38-27-50-89(79,15)16)40-19-21-52-92-84(98)64-71(6)34-23-31-68(3)42-45-78-74(9)37-26-49-88(78,13)14/h22-24,30-35,41-46,63-65,75-76,79-80H,17-21,25-29,36-40,47-62,66H2,1-16H3,(H,90,96)(H,91,97)(H,92,98)(H,93,100)(H,94,99)/b33-22+,34-23+,35-24+,44-41+,45-42+,46-43+,67-30+,68-31+,69-32+,70-63+,71-64+,72-65+/t75?,76-,79?,80+/m0/s1. The minimum Gasteiger partial charge on any atom is -0.381 e. The van der Waals surface area contributed by atoms with Crippen molar-refractivity contribution in [1.82, 2.24) is 26.6 Å². The van der Waals surface area contributed by atoms with Gasteiger partial charge in [-0.3, -0.25) is 28.8 Å². The van der Waals surface area contributed by atoms with E-state index in [-0.39, 0.29) is 52.1 Å². The van der Waals surface area contributed by atoms with Crippen LogP contribution in [0.5, 0.6) is 0 Å².